The largest absolute Gasteiger partial charge is 0.480 e. The van der Waals surface area contributed by atoms with E-state index >= 15 is 0 Å². The first-order chi connectivity index (χ1) is 7.15. The van der Waals surface area contributed by atoms with Crippen LogP contribution in [0.5, 0.6) is 0 Å². The highest BCUT2D eigenvalue weighted by molar-refractivity contribution is 5.80. The molecule has 0 radical (unpaired) electrons. The lowest BCUT2D eigenvalue weighted by Crippen LogP contribution is -2.44. The number of carboxylic acids is 1. The Morgan fingerprint density at radius 2 is 2.00 bits per heavy atom. The minimum absolute atomic E-state index is 0.0433. The van der Waals surface area contributed by atoms with Crippen LogP contribution in [-0.4, -0.2) is 53.1 Å². The number of hydrogen-bond acceptors (Lipinski definition) is 2. The van der Waals surface area contributed by atoms with Gasteiger partial charge in [-0.15, -0.1) is 6.42 Å². The molecule has 0 aromatic heterocycles. The van der Waals surface area contributed by atoms with Crippen molar-refractivity contribution in [3.8, 4) is 12.3 Å². The third-order valence-corrected chi connectivity index (χ3v) is 2.26. The number of carbonyl (C=O) groups excluding carboxylic acids is 1. The number of carbonyl (C=O) groups is 2. The first kappa shape index (κ1) is 11.4. The van der Waals surface area contributed by atoms with E-state index in [4.69, 9.17) is 11.5 Å². The summed E-state index contributed by atoms with van der Waals surface area (Å²) in [4.78, 5) is 25.1. The fourth-order valence-electron chi connectivity index (χ4n) is 1.57. The quantitative estimate of drug-likeness (QED) is 0.678. The van der Waals surface area contributed by atoms with Gasteiger partial charge in [0.1, 0.15) is 6.54 Å². The fraction of sp³-hybridized carbons (Fsp3) is 0.600. The Morgan fingerprint density at radius 1 is 1.40 bits per heavy atom. The van der Waals surface area contributed by atoms with Gasteiger partial charge in [0.15, 0.2) is 0 Å². The van der Waals surface area contributed by atoms with E-state index in [1.807, 2.05) is 0 Å². The molecule has 0 aromatic carbocycles. The number of carboxylic acid groups (broad SMARTS) is 1. The Balaban J connectivity index is 2.57. The smallest absolute Gasteiger partial charge is 0.323 e. The molecule has 2 amide bonds. The molecule has 1 saturated heterocycles. The minimum atomic E-state index is -1.04. The van der Waals surface area contributed by atoms with Crippen molar-refractivity contribution >= 4 is 12.0 Å². The number of hydrogen-bond donors (Lipinski definition) is 1. The maximum absolute atomic E-state index is 11.8. The van der Waals surface area contributed by atoms with Crippen molar-refractivity contribution in [2.45, 2.75) is 12.8 Å². The number of aliphatic carboxylic acids is 1. The van der Waals surface area contributed by atoms with Gasteiger partial charge >= 0.3 is 12.0 Å². The Hall–Kier alpha value is -1.70. The molecular weight excluding hydrogens is 196 g/mol. The van der Waals surface area contributed by atoms with Gasteiger partial charge in [-0.25, -0.2) is 4.79 Å². The van der Waals surface area contributed by atoms with Gasteiger partial charge in [0.2, 0.25) is 0 Å². The molecule has 0 bridgehead atoms. The molecule has 0 saturated carbocycles. The Kier molecular flexibility index (Phi) is 3.98. The van der Waals surface area contributed by atoms with E-state index in [2.05, 4.69) is 5.92 Å². The lowest BCUT2D eigenvalue weighted by Gasteiger charge is -2.24. The second-order valence-corrected chi connectivity index (χ2v) is 3.43. The molecule has 82 valence electrons. The first-order valence-corrected chi connectivity index (χ1v) is 4.84. The van der Waals surface area contributed by atoms with E-state index in [0.29, 0.717) is 13.1 Å². The molecule has 5 heteroatoms. The van der Waals surface area contributed by atoms with Crippen molar-refractivity contribution < 1.29 is 14.7 Å². The molecule has 1 aliphatic rings. The highest BCUT2D eigenvalue weighted by Crippen LogP contribution is 2.10. The lowest BCUT2D eigenvalue weighted by molar-refractivity contribution is -0.137. The van der Waals surface area contributed by atoms with Gasteiger partial charge in [-0.1, -0.05) is 5.92 Å². The van der Waals surface area contributed by atoms with Gasteiger partial charge in [-0.05, 0) is 12.8 Å². The van der Waals surface area contributed by atoms with Crippen LogP contribution in [-0.2, 0) is 4.79 Å². The van der Waals surface area contributed by atoms with E-state index in [9.17, 15) is 9.59 Å². The third kappa shape index (κ3) is 3.17. The van der Waals surface area contributed by atoms with Gasteiger partial charge < -0.3 is 14.9 Å². The molecule has 0 aromatic rings. The van der Waals surface area contributed by atoms with Crippen molar-refractivity contribution in [2.24, 2.45) is 0 Å². The van der Waals surface area contributed by atoms with Crippen molar-refractivity contribution in [1.82, 2.24) is 9.80 Å². The monoisotopic (exact) mass is 210 g/mol. The van der Waals surface area contributed by atoms with Gasteiger partial charge in [-0.3, -0.25) is 4.79 Å². The molecular formula is C10H14N2O3. The van der Waals surface area contributed by atoms with Crippen LogP contribution in [0.25, 0.3) is 0 Å². The SMILES string of the molecule is C#CCN(CC(=O)O)C(=O)N1CCCC1. The van der Waals surface area contributed by atoms with Gasteiger partial charge in [0.05, 0.1) is 6.54 Å². The number of amides is 2. The van der Waals surface area contributed by atoms with Crippen LogP contribution in [0.2, 0.25) is 0 Å². The van der Waals surface area contributed by atoms with Crippen LogP contribution < -0.4 is 0 Å². The summed E-state index contributed by atoms with van der Waals surface area (Å²) < 4.78 is 0. The summed E-state index contributed by atoms with van der Waals surface area (Å²) in [6.45, 7) is 1.10. The van der Waals surface area contributed by atoms with Crippen molar-refractivity contribution in [3.05, 3.63) is 0 Å². The number of urea groups is 1. The zero-order valence-electron chi connectivity index (χ0n) is 8.48. The maximum atomic E-state index is 11.8. The van der Waals surface area contributed by atoms with Crippen molar-refractivity contribution in [3.63, 3.8) is 0 Å². The van der Waals surface area contributed by atoms with Crippen LogP contribution in [0.1, 0.15) is 12.8 Å². The number of rotatable bonds is 3. The molecule has 0 unspecified atom stereocenters. The Morgan fingerprint density at radius 3 is 2.47 bits per heavy atom. The van der Waals surface area contributed by atoms with E-state index < -0.39 is 5.97 Å². The molecule has 1 aliphatic heterocycles. The summed E-state index contributed by atoms with van der Waals surface area (Å²) in [7, 11) is 0. The van der Waals surface area contributed by atoms with Gasteiger partial charge in [0.25, 0.3) is 0 Å². The molecule has 1 N–H and O–H groups in total. The first-order valence-electron chi connectivity index (χ1n) is 4.84. The van der Waals surface area contributed by atoms with Crippen molar-refractivity contribution in [2.75, 3.05) is 26.2 Å². The molecule has 1 rings (SSSR count). The summed E-state index contributed by atoms with van der Waals surface area (Å²) in [5, 5.41) is 8.62. The summed E-state index contributed by atoms with van der Waals surface area (Å²) in [5.41, 5.74) is 0. The third-order valence-electron chi connectivity index (χ3n) is 2.26. The predicted octanol–water partition coefficient (Wildman–Crippen LogP) is 0.222. The summed E-state index contributed by atoms with van der Waals surface area (Å²) in [5.74, 6) is 1.25. The molecule has 15 heavy (non-hydrogen) atoms. The van der Waals surface area contributed by atoms with Crippen LogP contribution in [0.4, 0.5) is 4.79 Å². The van der Waals surface area contributed by atoms with E-state index in [1.165, 1.54) is 4.90 Å². The molecule has 1 heterocycles. The maximum Gasteiger partial charge on any atom is 0.323 e. The molecule has 1 fully saturated rings. The second kappa shape index (κ2) is 5.25. The number of nitrogens with zero attached hydrogens (tertiary/aromatic N) is 2. The standard InChI is InChI=1S/C10H14N2O3/c1-2-5-12(8-9(13)14)10(15)11-6-3-4-7-11/h1H,3-8H2,(H,13,14). The topological polar surface area (TPSA) is 60.9 Å². The summed E-state index contributed by atoms with van der Waals surface area (Å²) >= 11 is 0. The predicted molar refractivity (Wildman–Crippen MR) is 54.2 cm³/mol. The van der Waals surface area contributed by atoms with E-state index in [-0.39, 0.29) is 19.1 Å². The van der Waals surface area contributed by atoms with Crippen molar-refractivity contribution in [1.29, 1.82) is 0 Å². The van der Waals surface area contributed by atoms with Crippen LogP contribution >= 0.6 is 0 Å². The number of terminal acetylenes is 1. The fourth-order valence-corrected chi connectivity index (χ4v) is 1.57. The van der Waals surface area contributed by atoms with Crippen LogP contribution in [0.15, 0.2) is 0 Å². The van der Waals surface area contributed by atoms with Gasteiger partial charge in [0, 0.05) is 13.1 Å². The normalized spacial score (nSPS) is 14.7. The summed E-state index contributed by atoms with van der Waals surface area (Å²) in [6, 6.07) is -0.271. The van der Waals surface area contributed by atoms with Crippen LogP contribution in [0, 0.1) is 12.3 Å². The second-order valence-electron chi connectivity index (χ2n) is 3.43. The zero-order valence-corrected chi connectivity index (χ0v) is 8.48. The molecule has 0 aliphatic carbocycles. The lowest BCUT2D eigenvalue weighted by atomic mass is 10.4. The average Bonchev–Trinajstić information content (AvgIpc) is 2.68. The molecule has 0 spiro atoms. The summed E-state index contributed by atoms with van der Waals surface area (Å²) in [6.07, 6.45) is 7.04. The number of likely N-dealkylation sites (tertiary alicyclic amines) is 1. The Labute approximate surface area is 88.7 Å². The molecule has 5 nitrogen and oxygen atoms in total. The highest BCUT2D eigenvalue weighted by atomic mass is 16.4. The highest BCUT2D eigenvalue weighted by Gasteiger charge is 2.24. The van der Waals surface area contributed by atoms with E-state index in [1.54, 1.807) is 4.90 Å². The average molecular weight is 210 g/mol. The van der Waals surface area contributed by atoms with E-state index in [0.717, 1.165) is 12.8 Å². The minimum Gasteiger partial charge on any atom is -0.480 e. The Bertz CT molecular complexity index is 290. The van der Waals surface area contributed by atoms with Gasteiger partial charge in [-0.2, -0.15) is 0 Å². The molecule has 0 atom stereocenters. The van der Waals surface area contributed by atoms with Crippen LogP contribution in [0.3, 0.4) is 0 Å². The zero-order chi connectivity index (χ0) is 11.3.